The summed E-state index contributed by atoms with van der Waals surface area (Å²) in [4.78, 5) is 0. The lowest BCUT2D eigenvalue weighted by molar-refractivity contribution is 0.408. The Morgan fingerprint density at radius 1 is 1.67 bits per heavy atom. The Morgan fingerprint density at radius 3 is 2.83 bits per heavy atom. The van der Waals surface area contributed by atoms with Gasteiger partial charge in [-0.15, -0.1) is 0 Å². The van der Waals surface area contributed by atoms with Crippen LogP contribution in [0.25, 0.3) is 0 Å². The van der Waals surface area contributed by atoms with Crippen molar-refractivity contribution in [1.29, 1.82) is 0 Å². The summed E-state index contributed by atoms with van der Waals surface area (Å²) < 4.78 is 4.81. The average Bonchev–Trinajstić information content (AvgIpc) is 2.50. The van der Waals surface area contributed by atoms with E-state index in [0.29, 0.717) is 17.3 Å². The van der Waals surface area contributed by atoms with Crippen molar-refractivity contribution in [3.05, 3.63) is 18.0 Å². The lowest BCUT2D eigenvalue weighted by atomic mass is 10.1. The highest BCUT2D eigenvalue weighted by atomic mass is 16.5. The number of hydrogen-bond donors (Lipinski definition) is 1. The van der Waals surface area contributed by atoms with Crippen LogP contribution >= 0.6 is 0 Å². The van der Waals surface area contributed by atoms with E-state index in [9.17, 15) is 0 Å². The first-order valence-corrected chi connectivity index (χ1v) is 4.28. The van der Waals surface area contributed by atoms with Gasteiger partial charge in [-0.2, -0.15) is 0 Å². The molecule has 1 aromatic rings. The van der Waals surface area contributed by atoms with Gasteiger partial charge in [0.2, 0.25) is 0 Å². The van der Waals surface area contributed by atoms with E-state index in [2.05, 4.69) is 19.0 Å². The summed E-state index contributed by atoms with van der Waals surface area (Å²) in [6, 6.07) is 1.93. The Hall–Kier alpha value is -0.830. The highest BCUT2D eigenvalue weighted by molar-refractivity contribution is 5.24. The third-order valence-electron chi connectivity index (χ3n) is 3.08. The molecule has 1 aliphatic carbocycles. The number of nitrogens with two attached hydrogens (primary N) is 1. The molecule has 66 valence electrons. The van der Waals surface area contributed by atoms with Crippen molar-refractivity contribution >= 4 is 0 Å². The van der Waals surface area contributed by atoms with Crippen LogP contribution < -0.4 is 5.73 Å². The smallest absolute Gasteiger partial charge is 0.124 e. The SMILES string of the molecule is CC1(C)C(CN)C1c1ccon1. The molecule has 1 fully saturated rings. The second kappa shape index (κ2) is 2.33. The molecule has 2 atom stereocenters. The fourth-order valence-corrected chi connectivity index (χ4v) is 2.15. The van der Waals surface area contributed by atoms with E-state index < -0.39 is 0 Å². The lowest BCUT2D eigenvalue weighted by Crippen LogP contribution is -2.05. The summed E-state index contributed by atoms with van der Waals surface area (Å²) in [5.74, 6) is 1.07. The molecule has 1 aliphatic rings. The van der Waals surface area contributed by atoms with Gasteiger partial charge in [0.1, 0.15) is 6.26 Å². The van der Waals surface area contributed by atoms with Crippen molar-refractivity contribution in [3.63, 3.8) is 0 Å². The molecule has 1 heterocycles. The first-order valence-electron chi connectivity index (χ1n) is 4.28. The Morgan fingerprint density at radius 2 is 2.42 bits per heavy atom. The molecular weight excluding hydrogens is 152 g/mol. The van der Waals surface area contributed by atoms with Crippen molar-refractivity contribution in [2.24, 2.45) is 17.1 Å². The molecule has 1 saturated carbocycles. The standard InChI is InChI=1S/C9H14N2O/c1-9(2)6(5-10)8(9)7-3-4-12-11-7/h3-4,6,8H,5,10H2,1-2H3. The first-order chi connectivity index (χ1) is 5.68. The van der Waals surface area contributed by atoms with Crippen LogP contribution in [0.15, 0.2) is 16.9 Å². The molecule has 12 heavy (non-hydrogen) atoms. The van der Waals surface area contributed by atoms with Crippen molar-refractivity contribution in [2.75, 3.05) is 6.54 Å². The van der Waals surface area contributed by atoms with Crippen LogP contribution in [0.3, 0.4) is 0 Å². The van der Waals surface area contributed by atoms with Crippen molar-refractivity contribution in [1.82, 2.24) is 5.16 Å². The number of aromatic nitrogens is 1. The van der Waals surface area contributed by atoms with Gasteiger partial charge in [-0.3, -0.25) is 0 Å². The maximum atomic E-state index is 5.65. The molecule has 2 N–H and O–H groups in total. The molecule has 2 unspecified atom stereocenters. The minimum Gasteiger partial charge on any atom is -0.365 e. The third-order valence-corrected chi connectivity index (χ3v) is 3.08. The van der Waals surface area contributed by atoms with Gasteiger partial charge in [0.25, 0.3) is 0 Å². The Labute approximate surface area is 71.9 Å². The van der Waals surface area contributed by atoms with Crippen LogP contribution in [0, 0.1) is 11.3 Å². The molecule has 0 aromatic carbocycles. The van der Waals surface area contributed by atoms with Gasteiger partial charge in [0.05, 0.1) is 5.69 Å². The van der Waals surface area contributed by atoms with Gasteiger partial charge in [0, 0.05) is 12.0 Å². The van der Waals surface area contributed by atoms with Gasteiger partial charge in [-0.25, -0.2) is 0 Å². The van der Waals surface area contributed by atoms with E-state index in [0.717, 1.165) is 12.2 Å². The van der Waals surface area contributed by atoms with E-state index in [1.165, 1.54) is 0 Å². The summed E-state index contributed by atoms with van der Waals surface area (Å²) in [5, 5.41) is 3.94. The average molecular weight is 166 g/mol. The van der Waals surface area contributed by atoms with Crippen LogP contribution in [0.1, 0.15) is 25.5 Å². The van der Waals surface area contributed by atoms with Crippen molar-refractivity contribution in [2.45, 2.75) is 19.8 Å². The summed E-state index contributed by atoms with van der Waals surface area (Å²) >= 11 is 0. The maximum Gasteiger partial charge on any atom is 0.124 e. The maximum absolute atomic E-state index is 5.65. The minimum atomic E-state index is 0.311. The number of nitrogens with zero attached hydrogens (tertiary/aromatic N) is 1. The lowest BCUT2D eigenvalue weighted by Gasteiger charge is -1.97. The molecule has 3 nitrogen and oxygen atoms in total. The Balaban J connectivity index is 2.19. The van der Waals surface area contributed by atoms with Gasteiger partial charge < -0.3 is 10.3 Å². The van der Waals surface area contributed by atoms with Gasteiger partial charge in [-0.05, 0) is 17.9 Å². The zero-order valence-electron chi connectivity index (χ0n) is 7.45. The van der Waals surface area contributed by atoms with Crippen LogP contribution in [0.4, 0.5) is 0 Å². The summed E-state index contributed by atoms with van der Waals surface area (Å²) in [6.45, 7) is 5.19. The molecule has 0 amide bonds. The molecule has 0 aliphatic heterocycles. The quantitative estimate of drug-likeness (QED) is 0.722. The largest absolute Gasteiger partial charge is 0.365 e. The molecule has 1 aromatic heterocycles. The van der Waals surface area contributed by atoms with E-state index >= 15 is 0 Å². The zero-order chi connectivity index (χ0) is 8.77. The zero-order valence-corrected chi connectivity index (χ0v) is 7.45. The van der Waals surface area contributed by atoms with E-state index in [-0.39, 0.29) is 0 Å². The summed E-state index contributed by atoms with van der Waals surface area (Å²) in [7, 11) is 0. The molecule has 0 spiro atoms. The van der Waals surface area contributed by atoms with Crippen LogP contribution in [-0.2, 0) is 0 Å². The highest BCUT2D eigenvalue weighted by Gasteiger charge is 2.58. The Bertz CT molecular complexity index is 266. The Kier molecular flexibility index (Phi) is 1.51. The van der Waals surface area contributed by atoms with E-state index in [4.69, 9.17) is 10.3 Å². The fraction of sp³-hybridized carbons (Fsp3) is 0.667. The second-order valence-corrected chi connectivity index (χ2v) is 4.07. The summed E-state index contributed by atoms with van der Waals surface area (Å²) in [5.41, 5.74) is 7.01. The van der Waals surface area contributed by atoms with Crippen molar-refractivity contribution in [3.8, 4) is 0 Å². The molecule has 2 rings (SSSR count). The van der Waals surface area contributed by atoms with Gasteiger partial charge in [0.15, 0.2) is 0 Å². The van der Waals surface area contributed by atoms with Crippen molar-refractivity contribution < 1.29 is 4.52 Å². The number of rotatable bonds is 2. The predicted molar refractivity (Wildman–Crippen MR) is 45.6 cm³/mol. The normalized spacial score (nSPS) is 31.9. The number of hydrogen-bond acceptors (Lipinski definition) is 3. The van der Waals surface area contributed by atoms with Crippen LogP contribution in [0.5, 0.6) is 0 Å². The first kappa shape index (κ1) is 7.80. The molecule has 0 saturated heterocycles. The highest BCUT2D eigenvalue weighted by Crippen LogP contribution is 2.63. The topological polar surface area (TPSA) is 52.0 Å². The van der Waals surface area contributed by atoms with Crippen LogP contribution in [-0.4, -0.2) is 11.7 Å². The summed E-state index contributed by atoms with van der Waals surface area (Å²) in [6.07, 6.45) is 1.62. The fourth-order valence-electron chi connectivity index (χ4n) is 2.15. The molecule has 0 bridgehead atoms. The van der Waals surface area contributed by atoms with Gasteiger partial charge in [-0.1, -0.05) is 19.0 Å². The molecular formula is C9H14N2O. The second-order valence-electron chi connectivity index (χ2n) is 4.07. The predicted octanol–water partition coefficient (Wildman–Crippen LogP) is 1.37. The molecule has 3 heteroatoms. The van der Waals surface area contributed by atoms with E-state index in [1.807, 2.05) is 6.07 Å². The molecule has 0 radical (unpaired) electrons. The third kappa shape index (κ3) is 0.894. The van der Waals surface area contributed by atoms with Crippen LogP contribution in [0.2, 0.25) is 0 Å². The monoisotopic (exact) mass is 166 g/mol. The van der Waals surface area contributed by atoms with Gasteiger partial charge >= 0.3 is 0 Å². The van der Waals surface area contributed by atoms with E-state index in [1.54, 1.807) is 6.26 Å². The minimum absolute atomic E-state index is 0.311.